The number of hydrogen-bond donors (Lipinski definition) is 0. The normalized spacial score (nSPS) is 23.4. The second-order valence-electron chi connectivity index (χ2n) is 7.50. The average Bonchev–Trinajstić information content (AvgIpc) is 2.97. The molecule has 2 rings (SSSR count). The Labute approximate surface area is 138 Å². The summed E-state index contributed by atoms with van der Waals surface area (Å²) in [6, 6.07) is 3.21. The van der Waals surface area contributed by atoms with Crippen molar-refractivity contribution in [1.82, 2.24) is 4.90 Å². The first-order valence-electron chi connectivity index (χ1n) is 8.26. The molecule has 0 saturated carbocycles. The van der Waals surface area contributed by atoms with Gasteiger partial charge in [0.1, 0.15) is 5.60 Å². The minimum atomic E-state index is -0.543. The number of Topliss-reactive ketones (excluding diaryl/α,β-unsaturated/α-hetero) is 1. The molecule has 0 radical (unpaired) electrons. The van der Waals surface area contributed by atoms with Crippen LogP contribution in [0.15, 0.2) is 22.8 Å². The highest BCUT2D eigenvalue weighted by atomic mass is 16.6. The van der Waals surface area contributed by atoms with Crippen LogP contribution in [0.2, 0.25) is 0 Å². The Morgan fingerprint density at radius 1 is 1.39 bits per heavy atom. The molecule has 1 saturated heterocycles. The van der Waals surface area contributed by atoms with Crippen molar-refractivity contribution >= 4 is 11.9 Å². The van der Waals surface area contributed by atoms with Gasteiger partial charge in [0.15, 0.2) is 5.76 Å². The lowest BCUT2D eigenvalue weighted by Gasteiger charge is -2.41. The fourth-order valence-corrected chi connectivity index (χ4v) is 3.02. The SMILES string of the molecule is CC1CCN(C(=O)OC(C)(C)C)C(C(C)C(=O)c2ccco2)C1. The first kappa shape index (κ1) is 17.6. The lowest BCUT2D eigenvalue weighted by Crippen LogP contribution is -2.51. The third-order valence-electron chi connectivity index (χ3n) is 4.29. The zero-order valence-corrected chi connectivity index (χ0v) is 14.7. The van der Waals surface area contributed by atoms with Crippen molar-refractivity contribution in [2.24, 2.45) is 11.8 Å². The molecule has 128 valence electrons. The van der Waals surface area contributed by atoms with Gasteiger partial charge in [0.25, 0.3) is 0 Å². The van der Waals surface area contributed by atoms with Crippen molar-refractivity contribution < 1.29 is 18.7 Å². The van der Waals surface area contributed by atoms with E-state index in [-0.39, 0.29) is 23.8 Å². The number of nitrogens with zero attached hydrogens (tertiary/aromatic N) is 1. The van der Waals surface area contributed by atoms with E-state index in [2.05, 4.69) is 6.92 Å². The van der Waals surface area contributed by atoms with Gasteiger partial charge >= 0.3 is 6.09 Å². The Morgan fingerprint density at radius 2 is 2.09 bits per heavy atom. The summed E-state index contributed by atoms with van der Waals surface area (Å²) in [6.07, 6.45) is 2.88. The summed E-state index contributed by atoms with van der Waals surface area (Å²) >= 11 is 0. The van der Waals surface area contributed by atoms with Crippen molar-refractivity contribution in [3.63, 3.8) is 0 Å². The molecule has 2 heterocycles. The summed E-state index contributed by atoms with van der Waals surface area (Å²) in [5, 5.41) is 0. The molecule has 1 fully saturated rings. The Morgan fingerprint density at radius 3 is 2.65 bits per heavy atom. The molecule has 1 amide bonds. The zero-order chi connectivity index (χ0) is 17.2. The highest BCUT2D eigenvalue weighted by Gasteiger charge is 2.39. The van der Waals surface area contributed by atoms with E-state index >= 15 is 0 Å². The number of amides is 1. The van der Waals surface area contributed by atoms with Crippen LogP contribution >= 0.6 is 0 Å². The number of likely N-dealkylation sites (tertiary alicyclic amines) is 1. The fraction of sp³-hybridized carbons (Fsp3) is 0.667. The molecule has 5 nitrogen and oxygen atoms in total. The van der Waals surface area contributed by atoms with E-state index in [1.807, 2.05) is 27.7 Å². The van der Waals surface area contributed by atoms with E-state index in [4.69, 9.17) is 9.15 Å². The molecule has 3 unspecified atom stereocenters. The highest BCUT2D eigenvalue weighted by Crippen LogP contribution is 2.30. The van der Waals surface area contributed by atoms with Crippen LogP contribution in [-0.2, 0) is 4.74 Å². The van der Waals surface area contributed by atoms with Gasteiger partial charge in [-0.1, -0.05) is 13.8 Å². The highest BCUT2D eigenvalue weighted by molar-refractivity contribution is 5.95. The van der Waals surface area contributed by atoms with E-state index in [1.165, 1.54) is 6.26 Å². The Balaban J connectivity index is 2.17. The van der Waals surface area contributed by atoms with Crippen molar-refractivity contribution in [1.29, 1.82) is 0 Å². The van der Waals surface area contributed by atoms with Crippen LogP contribution in [0.3, 0.4) is 0 Å². The predicted octanol–water partition coefficient (Wildman–Crippen LogP) is 4.13. The molecule has 0 aromatic carbocycles. The summed E-state index contributed by atoms with van der Waals surface area (Å²) in [5.74, 6) is 0.435. The smallest absolute Gasteiger partial charge is 0.410 e. The molecule has 23 heavy (non-hydrogen) atoms. The van der Waals surface area contributed by atoms with Crippen molar-refractivity contribution in [2.45, 2.75) is 59.1 Å². The number of ketones is 1. The topological polar surface area (TPSA) is 59.8 Å². The first-order valence-corrected chi connectivity index (χ1v) is 8.26. The monoisotopic (exact) mass is 321 g/mol. The Hall–Kier alpha value is -1.78. The summed E-state index contributed by atoms with van der Waals surface area (Å²) in [6.45, 7) is 10.2. The number of carbonyl (C=O) groups excluding carboxylic acids is 2. The third kappa shape index (κ3) is 4.36. The van der Waals surface area contributed by atoms with E-state index in [1.54, 1.807) is 17.0 Å². The minimum Gasteiger partial charge on any atom is -0.461 e. The maximum atomic E-state index is 12.6. The summed E-state index contributed by atoms with van der Waals surface area (Å²) in [5.41, 5.74) is -0.543. The van der Waals surface area contributed by atoms with Crippen LogP contribution in [0.5, 0.6) is 0 Å². The van der Waals surface area contributed by atoms with Crippen LogP contribution < -0.4 is 0 Å². The predicted molar refractivity (Wildman–Crippen MR) is 87.3 cm³/mol. The molecule has 0 spiro atoms. The van der Waals surface area contributed by atoms with Gasteiger partial charge in [0, 0.05) is 18.5 Å². The number of rotatable bonds is 3. The summed E-state index contributed by atoms with van der Waals surface area (Å²) in [7, 11) is 0. The quantitative estimate of drug-likeness (QED) is 0.785. The largest absolute Gasteiger partial charge is 0.461 e. The first-order chi connectivity index (χ1) is 10.7. The lowest BCUT2D eigenvalue weighted by atomic mass is 9.83. The maximum absolute atomic E-state index is 12.6. The van der Waals surface area contributed by atoms with E-state index < -0.39 is 5.60 Å². The van der Waals surface area contributed by atoms with Crippen molar-refractivity contribution in [3.8, 4) is 0 Å². The van der Waals surface area contributed by atoms with Crippen LogP contribution in [0.1, 0.15) is 58.0 Å². The number of ether oxygens (including phenoxy) is 1. The summed E-state index contributed by atoms with van der Waals surface area (Å²) in [4.78, 5) is 26.8. The van der Waals surface area contributed by atoms with Crippen LogP contribution in [-0.4, -0.2) is 35.0 Å². The Kier molecular flexibility index (Phi) is 5.17. The van der Waals surface area contributed by atoms with Gasteiger partial charge in [-0.2, -0.15) is 0 Å². The summed E-state index contributed by atoms with van der Waals surface area (Å²) < 4.78 is 10.7. The molecule has 1 aromatic heterocycles. The van der Waals surface area contributed by atoms with Gasteiger partial charge in [0.2, 0.25) is 5.78 Å². The molecule has 0 aliphatic carbocycles. The molecule has 1 aliphatic heterocycles. The average molecular weight is 321 g/mol. The van der Waals surface area contributed by atoms with Crippen LogP contribution in [0.25, 0.3) is 0 Å². The van der Waals surface area contributed by atoms with E-state index in [0.717, 1.165) is 12.8 Å². The third-order valence-corrected chi connectivity index (χ3v) is 4.29. The molecule has 0 N–H and O–H groups in total. The van der Waals surface area contributed by atoms with Crippen molar-refractivity contribution in [3.05, 3.63) is 24.2 Å². The van der Waals surface area contributed by atoms with Crippen LogP contribution in [0, 0.1) is 11.8 Å². The maximum Gasteiger partial charge on any atom is 0.410 e. The molecular weight excluding hydrogens is 294 g/mol. The molecule has 0 bridgehead atoms. The lowest BCUT2D eigenvalue weighted by molar-refractivity contribution is -0.00146. The molecule has 1 aliphatic rings. The van der Waals surface area contributed by atoms with Gasteiger partial charge in [-0.3, -0.25) is 4.79 Å². The van der Waals surface area contributed by atoms with Crippen molar-refractivity contribution in [2.75, 3.05) is 6.54 Å². The second-order valence-corrected chi connectivity index (χ2v) is 7.50. The van der Waals surface area contributed by atoms with Crippen LogP contribution in [0.4, 0.5) is 4.79 Å². The van der Waals surface area contributed by atoms with Gasteiger partial charge in [-0.05, 0) is 51.7 Å². The molecule has 1 aromatic rings. The standard InChI is InChI=1S/C18H27NO4/c1-12-8-9-19(17(21)23-18(3,4)5)14(11-12)13(2)16(20)15-7-6-10-22-15/h6-7,10,12-14H,8-9,11H2,1-5H3. The van der Waals surface area contributed by atoms with Gasteiger partial charge in [-0.15, -0.1) is 0 Å². The zero-order valence-electron chi connectivity index (χ0n) is 14.7. The second kappa shape index (κ2) is 6.77. The van der Waals surface area contributed by atoms with E-state index in [9.17, 15) is 9.59 Å². The van der Waals surface area contributed by atoms with Gasteiger partial charge in [-0.25, -0.2) is 4.79 Å². The molecule has 5 heteroatoms. The van der Waals surface area contributed by atoms with Gasteiger partial charge < -0.3 is 14.1 Å². The molecule has 3 atom stereocenters. The van der Waals surface area contributed by atoms with Gasteiger partial charge in [0.05, 0.1) is 6.26 Å². The number of hydrogen-bond acceptors (Lipinski definition) is 4. The number of carbonyl (C=O) groups is 2. The minimum absolute atomic E-state index is 0.0670. The fourth-order valence-electron chi connectivity index (χ4n) is 3.02. The number of piperidine rings is 1. The number of furan rings is 1. The van der Waals surface area contributed by atoms with E-state index in [0.29, 0.717) is 18.2 Å². The molecular formula is C18H27NO4. The Bertz CT molecular complexity index is 544.